The number of aromatic nitrogens is 2. The van der Waals surface area contributed by atoms with Gasteiger partial charge < -0.3 is 0 Å². The Hall–Kier alpha value is -2.98. The fourth-order valence-corrected chi connectivity index (χ4v) is 2.85. The van der Waals surface area contributed by atoms with Crippen molar-refractivity contribution in [2.24, 2.45) is 5.10 Å². The molecule has 2 heterocycles. The molecule has 0 unspecified atom stereocenters. The van der Waals surface area contributed by atoms with Crippen molar-refractivity contribution < 1.29 is 0 Å². The zero-order valence-corrected chi connectivity index (χ0v) is 14.3. The van der Waals surface area contributed by atoms with Crippen molar-refractivity contribution >= 4 is 45.4 Å². The monoisotopic (exact) mass is 346 g/mol. The lowest BCUT2D eigenvalue weighted by Crippen LogP contribution is -1.95. The molecule has 0 aliphatic rings. The van der Waals surface area contributed by atoms with Gasteiger partial charge in [0.1, 0.15) is 11.0 Å². The number of aryl methyl sites for hydroxylation is 1. The number of nitrogens with one attached hydrogen (secondary N) is 1. The van der Waals surface area contributed by atoms with Crippen LogP contribution in [0.3, 0.4) is 0 Å². The van der Waals surface area contributed by atoms with E-state index in [4.69, 9.17) is 11.6 Å². The molecule has 4 aromatic rings. The topological polar surface area (TPSA) is 50.2 Å². The fourth-order valence-electron chi connectivity index (χ4n) is 2.66. The number of hydrazone groups is 1. The summed E-state index contributed by atoms with van der Waals surface area (Å²) in [4.78, 5) is 8.95. The highest BCUT2D eigenvalue weighted by Gasteiger charge is 2.03. The number of anilines is 1. The molecule has 0 saturated carbocycles. The Labute approximate surface area is 150 Å². The van der Waals surface area contributed by atoms with E-state index in [1.54, 1.807) is 6.21 Å². The molecule has 0 aliphatic carbocycles. The second-order valence-corrected chi connectivity index (χ2v) is 6.18. The average Bonchev–Trinajstić information content (AvgIpc) is 2.62. The molecule has 0 bridgehead atoms. The molecule has 0 radical (unpaired) electrons. The van der Waals surface area contributed by atoms with E-state index in [9.17, 15) is 0 Å². The normalized spacial score (nSPS) is 11.4. The smallest absolute Gasteiger partial charge is 0.146 e. The van der Waals surface area contributed by atoms with E-state index in [0.29, 0.717) is 11.0 Å². The van der Waals surface area contributed by atoms with Crippen LogP contribution in [-0.2, 0) is 0 Å². The van der Waals surface area contributed by atoms with Crippen molar-refractivity contribution in [1.29, 1.82) is 0 Å². The minimum absolute atomic E-state index is 0.426. The lowest BCUT2D eigenvalue weighted by atomic mass is 10.1. The standard InChI is InChI=1S/C20H15ClN4/c1-13-6-7-15-11-16(20(21)24-18(15)10-13)12-22-25-19-9-8-14-4-2-3-5-17(14)23-19/h2-12H,1H3,(H,23,25)/b22-12+. The number of halogens is 1. The first kappa shape index (κ1) is 15.5. The van der Waals surface area contributed by atoms with Gasteiger partial charge in [0.05, 0.1) is 17.2 Å². The van der Waals surface area contributed by atoms with Gasteiger partial charge in [0, 0.05) is 16.3 Å². The molecular formula is C20H15ClN4. The van der Waals surface area contributed by atoms with Gasteiger partial charge in [-0.1, -0.05) is 41.9 Å². The SMILES string of the molecule is Cc1ccc2cc(/C=N/Nc3ccc4ccccc4n3)c(Cl)nc2c1. The number of hydrogen-bond donors (Lipinski definition) is 1. The molecule has 0 saturated heterocycles. The summed E-state index contributed by atoms with van der Waals surface area (Å²) in [6.07, 6.45) is 1.66. The third-order valence-corrected chi connectivity index (χ3v) is 4.24. The number of para-hydroxylation sites is 1. The van der Waals surface area contributed by atoms with Crippen LogP contribution in [-0.4, -0.2) is 16.2 Å². The molecule has 1 N–H and O–H groups in total. The maximum absolute atomic E-state index is 6.27. The first-order chi connectivity index (χ1) is 12.2. The average molecular weight is 347 g/mol. The van der Waals surface area contributed by atoms with Crippen molar-refractivity contribution in [3.63, 3.8) is 0 Å². The van der Waals surface area contributed by atoms with Gasteiger partial charge in [0.25, 0.3) is 0 Å². The van der Waals surface area contributed by atoms with Gasteiger partial charge in [-0.25, -0.2) is 9.97 Å². The van der Waals surface area contributed by atoms with Gasteiger partial charge >= 0.3 is 0 Å². The molecule has 122 valence electrons. The first-order valence-corrected chi connectivity index (χ1v) is 8.29. The van der Waals surface area contributed by atoms with Crippen molar-refractivity contribution in [2.45, 2.75) is 6.92 Å². The zero-order valence-electron chi connectivity index (χ0n) is 13.6. The Kier molecular flexibility index (Phi) is 4.04. The van der Waals surface area contributed by atoms with Crippen LogP contribution in [0.4, 0.5) is 5.82 Å². The van der Waals surface area contributed by atoms with E-state index >= 15 is 0 Å². The summed E-state index contributed by atoms with van der Waals surface area (Å²) in [7, 11) is 0. The number of fused-ring (bicyclic) bond motifs is 2. The molecule has 5 heteroatoms. The number of rotatable bonds is 3. The third kappa shape index (κ3) is 3.30. The largest absolute Gasteiger partial charge is 0.261 e. The van der Waals surface area contributed by atoms with Crippen molar-refractivity contribution in [1.82, 2.24) is 9.97 Å². The summed E-state index contributed by atoms with van der Waals surface area (Å²) in [5.41, 5.74) is 6.65. The second-order valence-electron chi connectivity index (χ2n) is 5.82. The molecule has 2 aromatic heterocycles. The molecule has 4 rings (SSSR count). The van der Waals surface area contributed by atoms with Crippen LogP contribution in [0.2, 0.25) is 5.15 Å². The molecule has 0 atom stereocenters. The van der Waals surface area contributed by atoms with Crippen LogP contribution >= 0.6 is 11.6 Å². The van der Waals surface area contributed by atoms with Crippen LogP contribution < -0.4 is 5.43 Å². The van der Waals surface area contributed by atoms with Crippen LogP contribution in [0.5, 0.6) is 0 Å². The van der Waals surface area contributed by atoms with E-state index in [1.165, 1.54) is 0 Å². The van der Waals surface area contributed by atoms with Crippen LogP contribution in [0.15, 0.2) is 65.8 Å². The molecule has 0 aliphatic heterocycles. The molecule has 2 aromatic carbocycles. The Bertz CT molecular complexity index is 1110. The van der Waals surface area contributed by atoms with E-state index in [2.05, 4.69) is 26.6 Å². The highest BCUT2D eigenvalue weighted by molar-refractivity contribution is 6.32. The van der Waals surface area contributed by atoms with Gasteiger partial charge in [-0.05, 0) is 42.8 Å². The minimum Gasteiger partial charge on any atom is -0.261 e. The summed E-state index contributed by atoms with van der Waals surface area (Å²) >= 11 is 6.27. The summed E-state index contributed by atoms with van der Waals surface area (Å²) in [5.74, 6) is 0.676. The number of benzene rings is 2. The van der Waals surface area contributed by atoms with Gasteiger partial charge in [-0.3, -0.25) is 5.43 Å². The predicted molar refractivity (Wildman–Crippen MR) is 104 cm³/mol. The van der Waals surface area contributed by atoms with Crippen LogP contribution in [0, 0.1) is 6.92 Å². The number of hydrogen-bond acceptors (Lipinski definition) is 4. The maximum Gasteiger partial charge on any atom is 0.146 e. The van der Waals surface area contributed by atoms with E-state index in [1.807, 2.05) is 61.5 Å². The lowest BCUT2D eigenvalue weighted by molar-refractivity contribution is 1.26. The Morgan fingerprint density at radius 1 is 0.920 bits per heavy atom. The molecule has 4 nitrogen and oxygen atoms in total. The fraction of sp³-hybridized carbons (Fsp3) is 0.0500. The van der Waals surface area contributed by atoms with Gasteiger partial charge in [0.15, 0.2) is 0 Å². The number of pyridine rings is 2. The van der Waals surface area contributed by atoms with Crippen molar-refractivity contribution in [2.75, 3.05) is 5.43 Å². The molecule has 0 spiro atoms. The quantitative estimate of drug-likeness (QED) is 0.315. The third-order valence-electron chi connectivity index (χ3n) is 3.93. The summed E-state index contributed by atoms with van der Waals surface area (Å²) in [5, 5.41) is 6.79. The second kappa shape index (κ2) is 6.49. The summed E-state index contributed by atoms with van der Waals surface area (Å²) in [6.45, 7) is 2.03. The van der Waals surface area contributed by atoms with E-state index in [0.717, 1.165) is 32.9 Å². The maximum atomic E-state index is 6.27. The van der Waals surface area contributed by atoms with Crippen molar-refractivity contribution in [3.8, 4) is 0 Å². The number of nitrogens with zero attached hydrogens (tertiary/aromatic N) is 3. The Morgan fingerprint density at radius 2 is 1.76 bits per heavy atom. The summed E-state index contributed by atoms with van der Waals surface area (Å²) < 4.78 is 0. The Balaban J connectivity index is 1.59. The molecular weight excluding hydrogens is 332 g/mol. The Morgan fingerprint density at radius 3 is 2.68 bits per heavy atom. The van der Waals surface area contributed by atoms with Gasteiger partial charge in [-0.15, -0.1) is 0 Å². The first-order valence-electron chi connectivity index (χ1n) is 7.91. The van der Waals surface area contributed by atoms with Gasteiger partial charge in [-0.2, -0.15) is 5.10 Å². The molecule has 0 amide bonds. The van der Waals surface area contributed by atoms with Crippen molar-refractivity contribution in [3.05, 3.63) is 76.9 Å². The zero-order chi connectivity index (χ0) is 17.2. The minimum atomic E-state index is 0.426. The van der Waals surface area contributed by atoms with Gasteiger partial charge in [0.2, 0.25) is 0 Å². The van der Waals surface area contributed by atoms with Crippen LogP contribution in [0.25, 0.3) is 21.8 Å². The summed E-state index contributed by atoms with van der Waals surface area (Å²) in [6, 6.07) is 19.9. The lowest BCUT2D eigenvalue weighted by Gasteiger charge is -2.04. The highest BCUT2D eigenvalue weighted by atomic mass is 35.5. The van der Waals surface area contributed by atoms with Crippen LogP contribution in [0.1, 0.15) is 11.1 Å². The van der Waals surface area contributed by atoms with E-state index < -0.39 is 0 Å². The highest BCUT2D eigenvalue weighted by Crippen LogP contribution is 2.20. The predicted octanol–water partition coefficient (Wildman–Crippen LogP) is 5.19. The molecule has 25 heavy (non-hydrogen) atoms. The molecule has 0 fully saturated rings. The van der Waals surface area contributed by atoms with E-state index in [-0.39, 0.29) is 0 Å².